The van der Waals surface area contributed by atoms with Crippen molar-refractivity contribution in [2.45, 2.75) is 225 Å². The number of allylic oxidation sites excluding steroid dienone is 2. The zero-order chi connectivity index (χ0) is 40.6. The van der Waals surface area contributed by atoms with Crippen LogP contribution in [0, 0.1) is 0 Å². The average Bonchev–Trinajstić information content (AvgIpc) is 3.13. The number of ether oxygens (including phenoxy) is 2. The number of quaternary nitrogens is 1. The van der Waals surface area contributed by atoms with Gasteiger partial charge in [-0.15, -0.1) is 0 Å². The van der Waals surface area contributed by atoms with Gasteiger partial charge >= 0.3 is 13.8 Å². The molecule has 55 heavy (non-hydrogen) atoms. The molecule has 328 valence electrons. The first-order chi connectivity index (χ1) is 26.6. The molecule has 1 N–H and O–H groups in total. The predicted molar refractivity (Wildman–Crippen MR) is 234 cm³/mol. The molecule has 0 saturated carbocycles. The number of phosphoric ester groups is 1. The highest BCUT2D eigenvalue weighted by Gasteiger charge is 2.26. The normalized spacial score (nSPS) is 13.8. The van der Waals surface area contributed by atoms with E-state index in [2.05, 4.69) is 26.0 Å². The number of unbranched alkanes of at least 4 members (excludes halogenated alkanes) is 28. The second-order valence-corrected chi connectivity index (χ2v) is 18.6. The van der Waals surface area contributed by atoms with Crippen LogP contribution in [0.2, 0.25) is 0 Å². The highest BCUT2D eigenvalue weighted by atomic mass is 31.2. The lowest BCUT2D eigenvalue weighted by molar-refractivity contribution is -0.870. The van der Waals surface area contributed by atoms with Crippen molar-refractivity contribution < 1.29 is 37.3 Å². The van der Waals surface area contributed by atoms with E-state index in [1.54, 1.807) is 0 Å². The maximum Gasteiger partial charge on any atom is 0.472 e. The molecular formula is C46H93NO7P+. The van der Waals surface area contributed by atoms with E-state index in [-0.39, 0.29) is 25.8 Å². The van der Waals surface area contributed by atoms with E-state index in [9.17, 15) is 14.3 Å². The van der Waals surface area contributed by atoms with Crippen LogP contribution in [0.4, 0.5) is 0 Å². The molecule has 0 spiro atoms. The van der Waals surface area contributed by atoms with Crippen LogP contribution in [-0.2, 0) is 27.9 Å². The van der Waals surface area contributed by atoms with Gasteiger partial charge in [0.25, 0.3) is 0 Å². The Kier molecular flexibility index (Phi) is 39.5. The lowest BCUT2D eigenvalue weighted by atomic mass is 10.0. The Labute approximate surface area is 341 Å². The molecule has 1 unspecified atom stereocenters. The highest BCUT2D eigenvalue weighted by Crippen LogP contribution is 2.43. The molecule has 0 radical (unpaired) electrons. The summed E-state index contributed by atoms with van der Waals surface area (Å²) in [5.74, 6) is -0.314. The Morgan fingerprint density at radius 2 is 0.945 bits per heavy atom. The summed E-state index contributed by atoms with van der Waals surface area (Å²) in [6.07, 6.45) is 43.8. The third-order valence-corrected chi connectivity index (χ3v) is 11.3. The first-order valence-electron chi connectivity index (χ1n) is 23.4. The maximum absolute atomic E-state index is 12.7. The summed E-state index contributed by atoms with van der Waals surface area (Å²) >= 11 is 0. The van der Waals surface area contributed by atoms with Crippen molar-refractivity contribution in [1.29, 1.82) is 0 Å². The zero-order valence-electron chi connectivity index (χ0n) is 37.2. The Bertz CT molecular complexity index is 894. The van der Waals surface area contributed by atoms with Crippen molar-refractivity contribution in [1.82, 2.24) is 0 Å². The molecule has 0 aliphatic heterocycles. The van der Waals surface area contributed by atoms with Gasteiger partial charge in [0.1, 0.15) is 19.3 Å². The number of esters is 1. The van der Waals surface area contributed by atoms with Gasteiger partial charge in [0.05, 0.1) is 34.4 Å². The number of phosphoric acid groups is 1. The number of hydrogen-bond donors (Lipinski definition) is 1. The van der Waals surface area contributed by atoms with Crippen LogP contribution in [0.25, 0.3) is 0 Å². The number of rotatable bonds is 44. The molecular weight excluding hydrogens is 709 g/mol. The van der Waals surface area contributed by atoms with Crippen LogP contribution in [-0.4, -0.2) is 75.6 Å². The SMILES string of the molecule is CCCCCCCC/C=C\CCCCCCCCCC(=O)O[C@H](COCCCCCCCCCCCCCCCCCC)COP(=O)(O)OCC[N+](C)(C)C. The molecule has 0 aromatic carbocycles. The molecule has 2 atom stereocenters. The van der Waals surface area contributed by atoms with Gasteiger partial charge in [-0.25, -0.2) is 4.57 Å². The Hall–Kier alpha value is -0.760. The lowest BCUT2D eigenvalue weighted by Gasteiger charge is -2.24. The van der Waals surface area contributed by atoms with Crippen LogP contribution >= 0.6 is 7.82 Å². The number of likely N-dealkylation sites (N-methyl/N-ethyl adjacent to an activating group) is 1. The first kappa shape index (κ1) is 54.2. The van der Waals surface area contributed by atoms with Gasteiger partial charge in [0.2, 0.25) is 0 Å². The third-order valence-electron chi connectivity index (χ3n) is 10.3. The molecule has 0 heterocycles. The van der Waals surface area contributed by atoms with Crippen LogP contribution in [0.3, 0.4) is 0 Å². The minimum Gasteiger partial charge on any atom is -0.457 e. The standard InChI is InChI=1S/C46H92NO7P/c1-6-8-10-12-14-16-18-20-22-24-25-27-29-31-33-35-37-39-46(48)54-45(44-53-55(49,50)52-42-40-47(3,4)5)43-51-41-38-36-34-32-30-28-26-23-21-19-17-15-13-11-9-7-2/h20,22,45H,6-19,21,23-44H2,1-5H3/p+1/b22-20-/t45-/m1/s1. The van der Waals surface area contributed by atoms with Crippen LogP contribution in [0.15, 0.2) is 12.2 Å². The third kappa shape index (κ3) is 44.2. The number of nitrogens with zero attached hydrogens (tertiary/aromatic N) is 1. The Morgan fingerprint density at radius 1 is 0.545 bits per heavy atom. The molecule has 0 aromatic rings. The fraction of sp³-hybridized carbons (Fsp3) is 0.935. The van der Waals surface area contributed by atoms with E-state index < -0.39 is 13.9 Å². The summed E-state index contributed by atoms with van der Waals surface area (Å²) < 4.78 is 35.1. The molecule has 9 heteroatoms. The number of carbonyl (C=O) groups excluding carboxylic acids is 1. The quantitative estimate of drug-likeness (QED) is 0.0216. The minimum atomic E-state index is -4.27. The van der Waals surface area contributed by atoms with Gasteiger partial charge in [-0.3, -0.25) is 13.8 Å². The van der Waals surface area contributed by atoms with Gasteiger partial charge < -0.3 is 18.9 Å². The summed E-state index contributed by atoms with van der Waals surface area (Å²) in [6.45, 7) is 5.66. The fourth-order valence-electron chi connectivity index (χ4n) is 6.67. The van der Waals surface area contributed by atoms with Gasteiger partial charge in [0.15, 0.2) is 0 Å². The predicted octanol–water partition coefficient (Wildman–Crippen LogP) is 13.8. The summed E-state index contributed by atoms with van der Waals surface area (Å²) in [4.78, 5) is 22.9. The summed E-state index contributed by atoms with van der Waals surface area (Å²) in [7, 11) is 1.68. The number of carbonyl (C=O) groups is 1. The van der Waals surface area contributed by atoms with Crippen LogP contribution in [0.5, 0.6) is 0 Å². The van der Waals surface area contributed by atoms with E-state index in [0.29, 0.717) is 24.1 Å². The van der Waals surface area contributed by atoms with Gasteiger partial charge in [-0.2, -0.15) is 0 Å². The molecule has 8 nitrogen and oxygen atoms in total. The molecule has 0 fully saturated rings. The Balaban J connectivity index is 4.18. The second kappa shape index (κ2) is 40.0. The molecule has 0 aliphatic carbocycles. The molecule has 0 saturated heterocycles. The van der Waals surface area contributed by atoms with Crippen molar-refractivity contribution in [2.75, 3.05) is 54.1 Å². The van der Waals surface area contributed by atoms with Crippen LogP contribution in [0.1, 0.15) is 219 Å². The zero-order valence-corrected chi connectivity index (χ0v) is 38.1. The average molecular weight is 803 g/mol. The van der Waals surface area contributed by atoms with Gasteiger partial charge in [-0.05, 0) is 38.5 Å². The van der Waals surface area contributed by atoms with E-state index in [1.807, 2.05) is 21.1 Å². The minimum absolute atomic E-state index is 0.0911. The van der Waals surface area contributed by atoms with E-state index in [4.69, 9.17) is 18.5 Å². The summed E-state index contributed by atoms with van der Waals surface area (Å²) in [5.41, 5.74) is 0. The molecule has 0 aliphatic rings. The largest absolute Gasteiger partial charge is 0.472 e. The fourth-order valence-corrected chi connectivity index (χ4v) is 7.41. The summed E-state index contributed by atoms with van der Waals surface area (Å²) in [5, 5.41) is 0. The molecule has 0 amide bonds. The van der Waals surface area contributed by atoms with Crippen molar-refractivity contribution in [3.8, 4) is 0 Å². The van der Waals surface area contributed by atoms with Crippen molar-refractivity contribution >= 4 is 13.8 Å². The molecule has 0 bridgehead atoms. The lowest BCUT2D eigenvalue weighted by Crippen LogP contribution is -2.37. The Morgan fingerprint density at radius 3 is 1.38 bits per heavy atom. The maximum atomic E-state index is 12.7. The van der Waals surface area contributed by atoms with E-state index >= 15 is 0 Å². The van der Waals surface area contributed by atoms with Crippen molar-refractivity contribution in [3.05, 3.63) is 12.2 Å². The molecule has 0 aromatic heterocycles. The molecule has 0 rings (SSSR count). The van der Waals surface area contributed by atoms with Crippen molar-refractivity contribution in [2.24, 2.45) is 0 Å². The smallest absolute Gasteiger partial charge is 0.457 e. The first-order valence-corrected chi connectivity index (χ1v) is 24.9. The van der Waals surface area contributed by atoms with Crippen molar-refractivity contribution in [3.63, 3.8) is 0 Å². The van der Waals surface area contributed by atoms with E-state index in [0.717, 1.165) is 32.1 Å². The number of hydrogen-bond acceptors (Lipinski definition) is 6. The van der Waals surface area contributed by atoms with Gasteiger partial charge in [0, 0.05) is 13.0 Å². The van der Waals surface area contributed by atoms with Crippen LogP contribution < -0.4 is 0 Å². The topological polar surface area (TPSA) is 91.3 Å². The monoisotopic (exact) mass is 803 g/mol. The van der Waals surface area contributed by atoms with Gasteiger partial charge in [-0.1, -0.05) is 187 Å². The second-order valence-electron chi connectivity index (χ2n) is 17.1. The van der Waals surface area contributed by atoms with E-state index in [1.165, 1.54) is 167 Å². The summed E-state index contributed by atoms with van der Waals surface area (Å²) in [6, 6.07) is 0. The highest BCUT2D eigenvalue weighted by molar-refractivity contribution is 7.47.